The van der Waals surface area contributed by atoms with Gasteiger partial charge in [-0.2, -0.15) is 0 Å². The first kappa shape index (κ1) is 14.7. The summed E-state index contributed by atoms with van der Waals surface area (Å²) in [6.07, 6.45) is 0. The normalized spacial score (nSPS) is 14.7. The van der Waals surface area contributed by atoms with Crippen LogP contribution in [0.3, 0.4) is 0 Å². The number of ether oxygens (including phenoxy) is 1. The third-order valence-corrected chi connectivity index (χ3v) is 2.59. The number of methoxy groups -OCH3 is 1. The Morgan fingerprint density at radius 1 is 1.60 bits per heavy atom. The topological polar surface area (TPSA) is 78.8 Å². The van der Waals surface area contributed by atoms with Crippen LogP contribution in [0.2, 0.25) is 0 Å². The number of rotatable bonds is 8. The molecule has 0 fully saturated rings. The maximum atomic E-state index is 11.2. The predicted molar refractivity (Wildman–Crippen MR) is 59.9 cm³/mol. The molecule has 0 aromatic heterocycles. The summed E-state index contributed by atoms with van der Waals surface area (Å²) in [5.74, 6) is 0.954. The van der Waals surface area contributed by atoms with Crippen molar-refractivity contribution in [2.45, 2.75) is 12.5 Å². The van der Waals surface area contributed by atoms with Gasteiger partial charge in [0.05, 0.1) is 19.0 Å². The molecule has 0 spiro atoms. The fourth-order valence-electron chi connectivity index (χ4n) is 0.703. The third-order valence-electron chi connectivity index (χ3n) is 1.67. The molecule has 0 aromatic rings. The number of aliphatic hydroxyl groups is 2. The highest BCUT2D eigenvalue weighted by Crippen LogP contribution is 2.01. The highest BCUT2D eigenvalue weighted by Gasteiger charge is 2.19. The van der Waals surface area contributed by atoms with Crippen molar-refractivity contribution < 1.29 is 19.7 Å². The Balaban J connectivity index is 3.49. The molecule has 0 saturated heterocycles. The molecule has 6 heteroatoms. The minimum absolute atomic E-state index is 0.0627. The maximum Gasteiger partial charge on any atom is 0.230 e. The molecule has 15 heavy (non-hydrogen) atoms. The second-order valence-electron chi connectivity index (χ2n) is 3.48. The lowest BCUT2D eigenvalue weighted by atomic mass is 10.1. The molecule has 0 saturated carbocycles. The van der Waals surface area contributed by atoms with Gasteiger partial charge in [-0.05, 0) is 6.92 Å². The highest BCUT2D eigenvalue weighted by atomic mass is 32.2. The van der Waals surface area contributed by atoms with Crippen molar-refractivity contribution in [2.24, 2.45) is 0 Å². The number of hydrogen-bond donors (Lipinski definition) is 3. The van der Waals surface area contributed by atoms with Crippen molar-refractivity contribution in [3.63, 3.8) is 0 Å². The molecule has 0 radical (unpaired) electrons. The van der Waals surface area contributed by atoms with Gasteiger partial charge in [0.15, 0.2) is 0 Å². The van der Waals surface area contributed by atoms with Crippen LogP contribution in [0, 0.1) is 0 Å². The standard InChI is InChI=1S/C9H19NO4S/c1-9(13,7-11)6-10-8(12)5-15-4-3-14-2/h11,13H,3-7H2,1-2H3,(H,10,12). The number of nitrogens with one attached hydrogen (secondary N) is 1. The molecule has 1 atom stereocenters. The van der Waals surface area contributed by atoms with E-state index in [9.17, 15) is 9.90 Å². The average Bonchev–Trinajstić information content (AvgIpc) is 2.22. The van der Waals surface area contributed by atoms with Crippen molar-refractivity contribution in [1.29, 1.82) is 0 Å². The minimum atomic E-state index is -1.24. The van der Waals surface area contributed by atoms with E-state index in [-0.39, 0.29) is 19.1 Å². The molecule has 0 heterocycles. The van der Waals surface area contributed by atoms with Crippen molar-refractivity contribution >= 4 is 17.7 Å². The van der Waals surface area contributed by atoms with E-state index < -0.39 is 5.60 Å². The number of thioether (sulfide) groups is 1. The highest BCUT2D eigenvalue weighted by molar-refractivity contribution is 7.99. The van der Waals surface area contributed by atoms with Crippen LogP contribution in [0.5, 0.6) is 0 Å². The first-order valence-corrected chi connectivity index (χ1v) is 5.84. The summed E-state index contributed by atoms with van der Waals surface area (Å²) in [5.41, 5.74) is -1.24. The van der Waals surface area contributed by atoms with Crippen molar-refractivity contribution in [1.82, 2.24) is 5.32 Å². The van der Waals surface area contributed by atoms with Gasteiger partial charge in [0, 0.05) is 19.4 Å². The monoisotopic (exact) mass is 237 g/mol. The van der Waals surface area contributed by atoms with Gasteiger partial charge < -0.3 is 20.3 Å². The van der Waals surface area contributed by atoms with E-state index in [2.05, 4.69) is 5.32 Å². The zero-order chi connectivity index (χ0) is 11.7. The lowest BCUT2D eigenvalue weighted by Crippen LogP contribution is -2.43. The van der Waals surface area contributed by atoms with E-state index in [1.165, 1.54) is 18.7 Å². The lowest BCUT2D eigenvalue weighted by Gasteiger charge is -2.20. The zero-order valence-corrected chi connectivity index (χ0v) is 9.97. The van der Waals surface area contributed by atoms with Gasteiger partial charge in [-0.1, -0.05) is 0 Å². The minimum Gasteiger partial charge on any atom is -0.393 e. The summed E-state index contributed by atoms with van der Waals surface area (Å²) >= 11 is 1.46. The molecular weight excluding hydrogens is 218 g/mol. The molecule has 0 aliphatic rings. The number of carbonyl (C=O) groups excluding carboxylic acids is 1. The van der Waals surface area contributed by atoms with Crippen molar-refractivity contribution in [3.05, 3.63) is 0 Å². The maximum absolute atomic E-state index is 11.2. The summed E-state index contributed by atoms with van der Waals surface area (Å²) in [6, 6.07) is 0. The predicted octanol–water partition coefficient (Wildman–Crippen LogP) is -0.774. The van der Waals surface area contributed by atoms with E-state index in [4.69, 9.17) is 9.84 Å². The van der Waals surface area contributed by atoms with Crippen molar-refractivity contribution in [3.8, 4) is 0 Å². The van der Waals surface area contributed by atoms with Gasteiger partial charge in [0.25, 0.3) is 0 Å². The zero-order valence-electron chi connectivity index (χ0n) is 9.15. The van der Waals surface area contributed by atoms with E-state index in [0.29, 0.717) is 12.4 Å². The average molecular weight is 237 g/mol. The summed E-state index contributed by atoms with van der Waals surface area (Å²) in [7, 11) is 1.61. The SMILES string of the molecule is COCCSCC(=O)NCC(C)(O)CO. The number of amides is 1. The van der Waals surface area contributed by atoms with E-state index in [0.717, 1.165) is 5.75 Å². The molecule has 0 aliphatic carbocycles. The Morgan fingerprint density at radius 3 is 2.80 bits per heavy atom. The molecule has 90 valence electrons. The molecule has 3 N–H and O–H groups in total. The Kier molecular flexibility index (Phi) is 7.76. The van der Waals surface area contributed by atoms with Crippen LogP contribution in [0.1, 0.15) is 6.92 Å². The van der Waals surface area contributed by atoms with Gasteiger partial charge in [-0.15, -0.1) is 11.8 Å². The molecule has 1 unspecified atom stereocenters. The van der Waals surface area contributed by atoms with Crippen LogP contribution in [-0.2, 0) is 9.53 Å². The lowest BCUT2D eigenvalue weighted by molar-refractivity contribution is -0.120. The van der Waals surface area contributed by atoms with E-state index in [1.807, 2.05) is 0 Å². The molecule has 0 aromatic carbocycles. The first-order valence-electron chi connectivity index (χ1n) is 4.68. The molecule has 1 amide bonds. The Labute approximate surface area is 94.2 Å². The van der Waals surface area contributed by atoms with Crippen LogP contribution >= 0.6 is 11.8 Å². The van der Waals surface area contributed by atoms with Crippen molar-refractivity contribution in [2.75, 3.05) is 38.4 Å². The summed E-state index contributed by atoms with van der Waals surface area (Å²) in [4.78, 5) is 11.2. The van der Waals surface area contributed by atoms with Crippen LogP contribution in [0.15, 0.2) is 0 Å². The molecular formula is C9H19NO4S. The summed E-state index contributed by atoms with van der Waals surface area (Å²) in [5, 5.41) is 20.7. The number of hydrogen-bond acceptors (Lipinski definition) is 5. The van der Waals surface area contributed by atoms with Gasteiger partial charge >= 0.3 is 0 Å². The van der Waals surface area contributed by atoms with Gasteiger partial charge in [0.1, 0.15) is 5.60 Å². The van der Waals surface area contributed by atoms with Gasteiger partial charge in [-0.3, -0.25) is 4.79 Å². The Bertz CT molecular complexity index is 187. The van der Waals surface area contributed by atoms with Gasteiger partial charge in [-0.25, -0.2) is 0 Å². The third kappa shape index (κ3) is 8.68. The van der Waals surface area contributed by atoms with Gasteiger partial charge in [0.2, 0.25) is 5.91 Å². The fraction of sp³-hybridized carbons (Fsp3) is 0.889. The Hall–Kier alpha value is -0.300. The van der Waals surface area contributed by atoms with Crippen LogP contribution in [-0.4, -0.2) is 60.1 Å². The second-order valence-corrected chi connectivity index (χ2v) is 4.58. The quantitative estimate of drug-likeness (QED) is 0.483. The fourth-order valence-corrected chi connectivity index (χ4v) is 1.42. The summed E-state index contributed by atoms with van der Waals surface area (Å²) < 4.78 is 4.83. The second kappa shape index (κ2) is 7.92. The van der Waals surface area contributed by atoms with Crippen LogP contribution < -0.4 is 5.32 Å². The largest absolute Gasteiger partial charge is 0.393 e. The number of carbonyl (C=O) groups is 1. The Morgan fingerprint density at radius 2 is 2.27 bits per heavy atom. The first-order chi connectivity index (χ1) is 7.02. The molecule has 5 nitrogen and oxygen atoms in total. The van der Waals surface area contributed by atoms with Crippen LogP contribution in [0.4, 0.5) is 0 Å². The number of aliphatic hydroxyl groups excluding tert-OH is 1. The molecule has 0 aliphatic heterocycles. The molecule has 0 rings (SSSR count). The molecule has 0 bridgehead atoms. The van der Waals surface area contributed by atoms with E-state index >= 15 is 0 Å². The summed E-state index contributed by atoms with van der Waals surface area (Å²) in [6.45, 7) is 1.77. The smallest absolute Gasteiger partial charge is 0.230 e. The van der Waals surface area contributed by atoms with E-state index in [1.54, 1.807) is 7.11 Å². The van der Waals surface area contributed by atoms with Crippen LogP contribution in [0.25, 0.3) is 0 Å².